The molecule has 2 amide bonds. The number of carbonyl (C=O) groups excluding carboxylic acids is 3. The summed E-state index contributed by atoms with van der Waals surface area (Å²) in [6.45, 7) is 2.36. The molecule has 1 aliphatic rings. The number of amides is 2. The monoisotopic (exact) mass is 398 g/mol. The van der Waals surface area contributed by atoms with Crippen LogP contribution in [-0.2, 0) is 9.53 Å². The number of benzene rings is 2. The number of nitrogens with zero attached hydrogens (tertiary/aromatic N) is 1. The molecule has 3 rings (SSSR count). The number of ether oxygens (including phenoxy) is 1. The lowest BCUT2D eigenvalue weighted by molar-refractivity contribution is -0.152. The summed E-state index contributed by atoms with van der Waals surface area (Å²) in [5.74, 6) is -1.62. The summed E-state index contributed by atoms with van der Waals surface area (Å²) < 4.78 is 18.3. The van der Waals surface area contributed by atoms with Crippen molar-refractivity contribution in [2.24, 2.45) is 5.92 Å². The third kappa shape index (κ3) is 5.40. The summed E-state index contributed by atoms with van der Waals surface area (Å²) in [6.07, 6.45) is -0.0100. The molecule has 0 aromatic heterocycles. The molecule has 2 aromatic rings. The fraction of sp³-hybridized carbons (Fsp3) is 0.318. The minimum Gasteiger partial charge on any atom is -0.454 e. The molecular formula is C22H23FN2O4. The van der Waals surface area contributed by atoms with E-state index >= 15 is 0 Å². The van der Waals surface area contributed by atoms with Crippen LogP contribution < -0.4 is 5.32 Å². The highest BCUT2D eigenvalue weighted by Crippen LogP contribution is 2.21. The van der Waals surface area contributed by atoms with Gasteiger partial charge in [0.1, 0.15) is 5.82 Å². The maximum absolute atomic E-state index is 13.0. The first-order chi connectivity index (χ1) is 13.9. The minimum atomic E-state index is -0.952. The molecule has 1 N–H and O–H groups in total. The van der Waals surface area contributed by atoms with Crippen LogP contribution in [0.2, 0.25) is 0 Å². The van der Waals surface area contributed by atoms with Gasteiger partial charge in [0, 0.05) is 24.3 Å². The molecule has 1 atom stereocenters. The van der Waals surface area contributed by atoms with Gasteiger partial charge in [-0.05, 0) is 56.2 Å². The third-order valence-electron chi connectivity index (χ3n) is 4.93. The molecule has 0 unspecified atom stereocenters. The van der Waals surface area contributed by atoms with Crippen LogP contribution in [0.3, 0.4) is 0 Å². The molecule has 29 heavy (non-hydrogen) atoms. The van der Waals surface area contributed by atoms with Crippen LogP contribution in [0.25, 0.3) is 0 Å². The van der Waals surface area contributed by atoms with Gasteiger partial charge < -0.3 is 15.0 Å². The summed E-state index contributed by atoms with van der Waals surface area (Å²) in [6, 6.07) is 14.1. The van der Waals surface area contributed by atoms with Crippen LogP contribution in [0.5, 0.6) is 0 Å². The molecular weight excluding hydrogens is 375 g/mol. The predicted octanol–water partition coefficient (Wildman–Crippen LogP) is 3.88. The molecule has 1 heterocycles. The zero-order chi connectivity index (χ0) is 20.8. The number of hydrogen-bond acceptors (Lipinski definition) is 4. The van der Waals surface area contributed by atoms with Gasteiger partial charge in [0.15, 0.2) is 6.10 Å². The Morgan fingerprint density at radius 2 is 1.66 bits per heavy atom. The first kappa shape index (κ1) is 20.5. The van der Waals surface area contributed by atoms with Crippen LogP contribution in [0.1, 0.15) is 30.1 Å². The number of urea groups is 1. The lowest BCUT2D eigenvalue weighted by Gasteiger charge is -2.31. The molecule has 1 fully saturated rings. The Hall–Kier alpha value is -3.22. The number of ketones is 1. The van der Waals surface area contributed by atoms with E-state index in [1.807, 2.05) is 30.3 Å². The van der Waals surface area contributed by atoms with E-state index in [0.717, 1.165) is 0 Å². The van der Waals surface area contributed by atoms with E-state index in [0.29, 0.717) is 37.2 Å². The summed E-state index contributed by atoms with van der Waals surface area (Å²) in [7, 11) is 0. The second-order valence-electron chi connectivity index (χ2n) is 7.01. The lowest BCUT2D eigenvalue weighted by atomic mass is 9.97. The molecule has 7 heteroatoms. The number of anilines is 1. The largest absolute Gasteiger partial charge is 0.454 e. The molecule has 2 aromatic carbocycles. The summed E-state index contributed by atoms with van der Waals surface area (Å²) in [4.78, 5) is 38.7. The third-order valence-corrected chi connectivity index (χ3v) is 4.93. The Bertz CT molecular complexity index is 862. The molecule has 0 aliphatic carbocycles. The van der Waals surface area contributed by atoms with E-state index in [1.54, 1.807) is 4.90 Å². The van der Waals surface area contributed by atoms with E-state index in [4.69, 9.17) is 4.74 Å². The highest BCUT2D eigenvalue weighted by molar-refractivity contribution is 6.00. The predicted molar refractivity (Wildman–Crippen MR) is 106 cm³/mol. The molecule has 152 valence electrons. The van der Waals surface area contributed by atoms with Gasteiger partial charge in [-0.1, -0.05) is 18.2 Å². The van der Waals surface area contributed by atoms with Crippen LogP contribution in [0.4, 0.5) is 14.9 Å². The Labute approximate surface area is 168 Å². The molecule has 1 saturated heterocycles. The van der Waals surface area contributed by atoms with E-state index in [1.165, 1.54) is 31.2 Å². The number of hydrogen-bond donors (Lipinski definition) is 1. The van der Waals surface area contributed by atoms with Crippen LogP contribution in [0, 0.1) is 11.7 Å². The number of halogens is 1. The van der Waals surface area contributed by atoms with Gasteiger partial charge >= 0.3 is 12.0 Å². The zero-order valence-electron chi connectivity index (χ0n) is 16.1. The van der Waals surface area contributed by atoms with Crippen molar-refractivity contribution in [2.45, 2.75) is 25.9 Å². The minimum absolute atomic E-state index is 0.206. The summed E-state index contributed by atoms with van der Waals surface area (Å²) in [5.41, 5.74) is 1.01. The van der Waals surface area contributed by atoms with Crippen LogP contribution >= 0.6 is 0 Å². The second kappa shape index (κ2) is 9.32. The highest BCUT2D eigenvalue weighted by Gasteiger charge is 2.30. The van der Waals surface area contributed by atoms with E-state index < -0.39 is 17.9 Å². The van der Waals surface area contributed by atoms with Crippen molar-refractivity contribution < 1.29 is 23.5 Å². The van der Waals surface area contributed by atoms with Gasteiger partial charge in [-0.2, -0.15) is 0 Å². The quantitative estimate of drug-likeness (QED) is 0.613. The maximum atomic E-state index is 13.0. The van der Waals surface area contributed by atoms with Gasteiger partial charge in [-0.3, -0.25) is 9.59 Å². The molecule has 0 bridgehead atoms. The van der Waals surface area contributed by atoms with E-state index in [9.17, 15) is 18.8 Å². The first-order valence-corrected chi connectivity index (χ1v) is 9.55. The molecule has 0 spiro atoms. The number of likely N-dealkylation sites (tertiary alicyclic amines) is 1. The highest BCUT2D eigenvalue weighted by atomic mass is 19.1. The number of para-hydroxylation sites is 1. The molecule has 1 aliphatic heterocycles. The Balaban J connectivity index is 1.47. The van der Waals surface area contributed by atoms with Crippen molar-refractivity contribution in [2.75, 3.05) is 18.4 Å². The van der Waals surface area contributed by atoms with Gasteiger partial charge in [0.2, 0.25) is 5.78 Å². The molecule has 0 saturated carbocycles. The zero-order valence-corrected chi connectivity index (χ0v) is 16.1. The van der Waals surface area contributed by atoms with Gasteiger partial charge in [0.25, 0.3) is 0 Å². The van der Waals surface area contributed by atoms with Gasteiger partial charge in [-0.25, -0.2) is 9.18 Å². The van der Waals surface area contributed by atoms with Crippen molar-refractivity contribution >= 4 is 23.5 Å². The Kier molecular flexibility index (Phi) is 6.59. The number of carbonyl (C=O) groups is 3. The average Bonchev–Trinajstić information content (AvgIpc) is 2.74. The summed E-state index contributed by atoms with van der Waals surface area (Å²) >= 11 is 0. The summed E-state index contributed by atoms with van der Waals surface area (Å²) in [5, 5.41) is 2.82. The first-order valence-electron chi connectivity index (χ1n) is 9.55. The Morgan fingerprint density at radius 3 is 2.28 bits per heavy atom. The second-order valence-corrected chi connectivity index (χ2v) is 7.01. The maximum Gasteiger partial charge on any atom is 0.321 e. The van der Waals surface area contributed by atoms with E-state index in [2.05, 4.69) is 5.32 Å². The number of nitrogens with one attached hydrogen (secondary N) is 1. The van der Waals surface area contributed by atoms with Crippen molar-refractivity contribution in [3.8, 4) is 0 Å². The van der Waals surface area contributed by atoms with Crippen molar-refractivity contribution in [1.29, 1.82) is 0 Å². The normalized spacial score (nSPS) is 15.4. The van der Waals surface area contributed by atoms with Crippen molar-refractivity contribution in [3.63, 3.8) is 0 Å². The number of esters is 1. The van der Waals surface area contributed by atoms with Crippen LogP contribution in [-0.4, -0.2) is 41.9 Å². The topological polar surface area (TPSA) is 75.7 Å². The van der Waals surface area contributed by atoms with Crippen LogP contribution in [0.15, 0.2) is 54.6 Å². The van der Waals surface area contributed by atoms with Crippen molar-refractivity contribution in [3.05, 3.63) is 66.0 Å². The Morgan fingerprint density at radius 1 is 1.03 bits per heavy atom. The molecule has 0 radical (unpaired) electrons. The number of piperidine rings is 1. The van der Waals surface area contributed by atoms with Gasteiger partial charge in [0.05, 0.1) is 5.92 Å². The number of Topliss-reactive ketones (excluding diaryl/α,β-unsaturated/α-hetero) is 1. The fourth-order valence-electron chi connectivity index (χ4n) is 3.22. The van der Waals surface area contributed by atoms with Gasteiger partial charge in [-0.15, -0.1) is 0 Å². The smallest absolute Gasteiger partial charge is 0.321 e. The van der Waals surface area contributed by atoms with E-state index in [-0.39, 0.29) is 17.7 Å². The number of rotatable bonds is 5. The lowest BCUT2D eigenvalue weighted by Crippen LogP contribution is -2.43. The standard InChI is InChI=1S/C22H23FN2O4/c1-15(20(26)16-7-9-18(23)10-8-16)29-21(27)17-11-13-25(14-12-17)22(28)24-19-5-3-2-4-6-19/h2-10,15,17H,11-14H2,1H3,(H,24,28)/t15-/m1/s1. The fourth-order valence-corrected chi connectivity index (χ4v) is 3.22. The molecule has 6 nitrogen and oxygen atoms in total. The van der Waals surface area contributed by atoms with Crippen molar-refractivity contribution in [1.82, 2.24) is 4.90 Å². The average molecular weight is 398 g/mol. The SMILES string of the molecule is C[C@@H](OC(=O)C1CCN(C(=O)Nc2ccccc2)CC1)C(=O)c1ccc(F)cc1.